The van der Waals surface area contributed by atoms with Crippen molar-refractivity contribution in [3.8, 4) is 0 Å². The van der Waals surface area contributed by atoms with Crippen molar-refractivity contribution in [1.82, 2.24) is 9.80 Å². The van der Waals surface area contributed by atoms with Crippen molar-refractivity contribution >= 4 is 17.5 Å². The van der Waals surface area contributed by atoms with Crippen LogP contribution in [-0.4, -0.2) is 60.4 Å². The van der Waals surface area contributed by atoms with Crippen LogP contribution < -0.4 is 4.90 Å². The van der Waals surface area contributed by atoms with Crippen molar-refractivity contribution in [2.75, 3.05) is 37.6 Å². The van der Waals surface area contributed by atoms with E-state index in [1.807, 2.05) is 20.8 Å². The quantitative estimate of drug-likeness (QED) is 0.722. The van der Waals surface area contributed by atoms with Gasteiger partial charge in [0.15, 0.2) is 0 Å². The number of likely N-dealkylation sites (tertiary alicyclic amines) is 1. The Morgan fingerprint density at radius 1 is 0.875 bits per heavy atom. The number of hydrogen-bond donors (Lipinski definition) is 0. The smallest absolute Gasteiger partial charge is 0.245 e. The second kappa shape index (κ2) is 7.74. The molecule has 1 aromatic carbocycles. The lowest BCUT2D eigenvalue weighted by Crippen LogP contribution is -2.59. The van der Waals surface area contributed by atoms with Gasteiger partial charge < -0.3 is 14.7 Å². The number of halogens is 1. The fourth-order valence-corrected chi connectivity index (χ4v) is 8.03. The molecule has 1 atom stereocenters. The molecule has 0 radical (unpaired) electrons. The van der Waals surface area contributed by atoms with E-state index in [0.717, 1.165) is 56.4 Å². The predicted octanol–water partition coefficient (Wildman–Crippen LogP) is 3.68. The fraction of sp³-hybridized carbons (Fsp3) is 0.692. The minimum atomic E-state index is -0.296. The van der Waals surface area contributed by atoms with Gasteiger partial charge in [-0.25, -0.2) is 4.39 Å². The van der Waals surface area contributed by atoms with Crippen molar-refractivity contribution in [2.45, 2.75) is 57.4 Å². The van der Waals surface area contributed by atoms with Crippen LogP contribution in [0.5, 0.6) is 0 Å². The second-order valence-corrected chi connectivity index (χ2v) is 11.1. The summed E-state index contributed by atoms with van der Waals surface area (Å²) in [7, 11) is 0. The fourth-order valence-electron chi connectivity index (χ4n) is 8.03. The van der Waals surface area contributed by atoms with Gasteiger partial charge in [-0.05, 0) is 81.3 Å². The van der Waals surface area contributed by atoms with Gasteiger partial charge in [-0.3, -0.25) is 9.59 Å². The van der Waals surface area contributed by atoms with E-state index >= 15 is 0 Å². The van der Waals surface area contributed by atoms with Crippen LogP contribution in [-0.2, 0) is 9.59 Å². The highest BCUT2D eigenvalue weighted by atomic mass is 19.1. The summed E-state index contributed by atoms with van der Waals surface area (Å²) in [5.74, 6) is 2.37. The van der Waals surface area contributed by atoms with Crippen LogP contribution in [0.2, 0.25) is 0 Å². The number of carbonyl (C=O) groups is 2. The molecule has 6 heteroatoms. The maximum absolute atomic E-state index is 14.2. The lowest BCUT2D eigenvalue weighted by Gasteiger charge is -2.56. The average molecular weight is 440 g/mol. The molecular weight excluding hydrogens is 405 g/mol. The average Bonchev–Trinajstić information content (AvgIpc) is 3.27. The molecule has 4 saturated carbocycles. The van der Waals surface area contributed by atoms with E-state index in [1.165, 1.54) is 25.3 Å². The zero-order valence-corrected chi connectivity index (χ0v) is 18.8. The molecule has 0 N–H and O–H groups in total. The summed E-state index contributed by atoms with van der Waals surface area (Å²) in [6.45, 7) is 3.16. The third-order valence-electron chi connectivity index (χ3n) is 9.08. The lowest BCUT2D eigenvalue weighted by molar-refractivity contribution is -0.162. The van der Waals surface area contributed by atoms with Crippen molar-refractivity contribution in [3.05, 3.63) is 30.1 Å². The number of benzene rings is 1. The molecule has 0 spiro atoms. The number of anilines is 1. The van der Waals surface area contributed by atoms with Gasteiger partial charge in [0.05, 0.1) is 11.1 Å². The first-order valence-corrected chi connectivity index (χ1v) is 12.6. The number of carbonyl (C=O) groups excluding carboxylic acids is 2. The number of hydrogen-bond acceptors (Lipinski definition) is 3. The molecule has 2 amide bonds. The van der Waals surface area contributed by atoms with Gasteiger partial charge in [0.1, 0.15) is 11.9 Å². The van der Waals surface area contributed by atoms with E-state index in [0.29, 0.717) is 31.9 Å². The third kappa shape index (κ3) is 3.32. The highest BCUT2D eigenvalue weighted by Crippen LogP contribution is 2.60. The maximum atomic E-state index is 14.2. The molecule has 2 saturated heterocycles. The van der Waals surface area contributed by atoms with Crippen LogP contribution in [0.1, 0.15) is 51.4 Å². The number of amides is 2. The Bertz CT molecular complexity index is 875. The summed E-state index contributed by atoms with van der Waals surface area (Å²) in [5.41, 5.74) is 0.431. The molecule has 6 aliphatic rings. The molecule has 32 heavy (non-hydrogen) atoms. The molecule has 7 rings (SSSR count). The molecule has 172 valence electrons. The summed E-state index contributed by atoms with van der Waals surface area (Å²) in [6.07, 6.45) is 8.82. The normalized spacial score (nSPS) is 36.1. The lowest BCUT2D eigenvalue weighted by atomic mass is 9.49. The van der Waals surface area contributed by atoms with E-state index in [1.54, 1.807) is 12.1 Å². The molecule has 1 unspecified atom stereocenters. The molecule has 0 aromatic heterocycles. The molecular formula is C26H34FN3O2. The van der Waals surface area contributed by atoms with Gasteiger partial charge in [0.2, 0.25) is 11.8 Å². The molecule has 1 aromatic rings. The van der Waals surface area contributed by atoms with Crippen LogP contribution in [0.4, 0.5) is 10.1 Å². The van der Waals surface area contributed by atoms with Crippen molar-refractivity contribution < 1.29 is 14.0 Å². The third-order valence-corrected chi connectivity index (χ3v) is 9.08. The van der Waals surface area contributed by atoms with Crippen LogP contribution in [0, 0.1) is 29.0 Å². The standard InChI is InChI=1S/C26H34FN3O2/c27-21-4-1-2-5-22(21)28-8-10-29(11-9-28)24(31)23-6-3-7-30(23)25(32)26-15-18-12-19(16-26)14-20(13-18)17-26/h1-2,4-5,18-20,23H,3,6-17H2. The van der Waals surface area contributed by atoms with E-state index < -0.39 is 0 Å². The van der Waals surface area contributed by atoms with Gasteiger partial charge in [0, 0.05) is 32.7 Å². The SMILES string of the molecule is O=C(C1CCCN1C(=O)C12CC3CC(CC(C3)C1)C2)N1CCN(c2ccccc2F)CC1. The number of rotatable bonds is 3. The van der Waals surface area contributed by atoms with Crippen LogP contribution in [0.3, 0.4) is 0 Å². The zero-order valence-electron chi connectivity index (χ0n) is 18.8. The highest BCUT2D eigenvalue weighted by Gasteiger charge is 2.57. The Morgan fingerprint density at radius 2 is 1.50 bits per heavy atom. The van der Waals surface area contributed by atoms with E-state index in [4.69, 9.17) is 0 Å². The minimum absolute atomic E-state index is 0.105. The monoisotopic (exact) mass is 439 g/mol. The zero-order chi connectivity index (χ0) is 21.9. The largest absolute Gasteiger partial charge is 0.366 e. The molecule has 6 fully saturated rings. The van der Waals surface area contributed by atoms with Gasteiger partial charge in [-0.1, -0.05) is 12.1 Å². The summed E-state index contributed by atoms with van der Waals surface area (Å²) in [4.78, 5) is 33.3. The van der Waals surface area contributed by atoms with Gasteiger partial charge >= 0.3 is 0 Å². The van der Waals surface area contributed by atoms with E-state index in [2.05, 4.69) is 0 Å². The molecule has 2 heterocycles. The number of para-hydroxylation sites is 1. The topological polar surface area (TPSA) is 43.9 Å². The predicted molar refractivity (Wildman–Crippen MR) is 121 cm³/mol. The van der Waals surface area contributed by atoms with E-state index in [9.17, 15) is 14.0 Å². The number of nitrogens with zero attached hydrogens (tertiary/aromatic N) is 3. The first-order chi connectivity index (χ1) is 15.5. The highest BCUT2D eigenvalue weighted by molar-refractivity contribution is 5.91. The summed E-state index contributed by atoms with van der Waals surface area (Å²) >= 11 is 0. The van der Waals surface area contributed by atoms with Crippen molar-refractivity contribution in [1.29, 1.82) is 0 Å². The number of piperazine rings is 1. The van der Waals surface area contributed by atoms with Crippen LogP contribution in [0.25, 0.3) is 0 Å². The molecule has 4 bridgehead atoms. The molecule has 5 nitrogen and oxygen atoms in total. The van der Waals surface area contributed by atoms with Crippen molar-refractivity contribution in [2.24, 2.45) is 23.2 Å². The Balaban J connectivity index is 1.13. The van der Waals surface area contributed by atoms with E-state index in [-0.39, 0.29) is 29.1 Å². The second-order valence-electron chi connectivity index (χ2n) is 11.1. The Labute approximate surface area is 189 Å². The van der Waals surface area contributed by atoms with Crippen LogP contribution >= 0.6 is 0 Å². The van der Waals surface area contributed by atoms with Gasteiger partial charge in [0.25, 0.3) is 0 Å². The Kier molecular flexibility index (Phi) is 4.96. The summed E-state index contributed by atoms with van der Waals surface area (Å²) in [6, 6.07) is 6.54. The van der Waals surface area contributed by atoms with Crippen LogP contribution in [0.15, 0.2) is 24.3 Å². The summed E-state index contributed by atoms with van der Waals surface area (Å²) < 4.78 is 14.2. The first kappa shape index (κ1) is 20.5. The Hall–Kier alpha value is -2.11. The molecule has 2 aliphatic heterocycles. The minimum Gasteiger partial charge on any atom is -0.366 e. The first-order valence-electron chi connectivity index (χ1n) is 12.6. The van der Waals surface area contributed by atoms with Gasteiger partial charge in [-0.15, -0.1) is 0 Å². The van der Waals surface area contributed by atoms with Crippen molar-refractivity contribution in [3.63, 3.8) is 0 Å². The molecule has 4 aliphatic carbocycles. The maximum Gasteiger partial charge on any atom is 0.245 e. The van der Waals surface area contributed by atoms with Gasteiger partial charge in [-0.2, -0.15) is 0 Å². The Morgan fingerprint density at radius 3 is 2.12 bits per heavy atom. The summed E-state index contributed by atoms with van der Waals surface area (Å²) in [5, 5.41) is 0.